The van der Waals surface area contributed by atoms with Crippen molar-refractivity contribution in [3.63, 3.8) is 0 Å². The van der Waals surface area contributed by atoms with Crippen LogP contribution in [0.4, 0.5) is 0 Å². The van der Waals surface area contributed by atoms with E-state index in [1.807, 2.05) is 6.07 Å². The highest BCUT2D eigenvalue weighted by molar-refractivity contribution is 7.51. The van der Waals surface area contributed by atoms with Crippen LogP contribution in [-0.2, 0) is 34.5 Å². The first kappa shape index (κ1) is 30.8. The van der Waals surface area contributed by atoms with E-state index in [4.69, 9.17) is 53.3 Å². The zero-order valence-corrected chi connectivity index (χ0v) is 23.5. The molecule has 2 heterocycles. The van der Waals surface area contributed by atoms with Crippen LogP contribution < -0.4 is 16.3 Å². The predicted octanol–water partition coefficient (Wildman–Crippen LogP) is 2.73. The summed E-state index contributed by atoms with van der Waals surface area (Å²) in [6.07, 6.45) is -1.82. The molecule has 0 bridgehead atoms. The van der Waals surface area contributed by atoms with Gasteiger partial charge in [0.15, 0.2) is 0 Å². The molecule has 5 atom stereocenters. The summed E-state index contributed by atoms with van der Waals surface area (Å²) in [7, 11) is -4.33. The Labute approximate surface area is 232 Å². The maximum Gasteiger partial charge on any atom is 0.406 e. The van der Waals surface area contributed by atoms with Gasteiger partial charge in [-0.15, -0.1) is 0 Å². The summed E-state index contributed by atoms with van der Waals surface area (Å²) >= 11 is 17.2. The average Bonchev–Trinajstić information content (AvgIpc) is 3.22. The van der Waals surface area contributed by atoms with Gasteiger partial charge < -0.3 is 14.6 Å². The first-order valence-electron chi connectivity index (χ1n) is 11.4. The van der Waals surface area contributed by atoms with Gasteiger partial charge in [0.05, 0.1) is 12.7 Å². The molecule has 1 aromatic carbocycles. The van der Waals surface area contributed by atoms with Crippen molar-refractivity contribution < 1.29 is 33.0 Å². The SMILES string of the molecule is Cc1cn([C@H]2C[C@H](O)[C@@H](COP(=O)(NC(C)C(=O)OCc3ccccc3)OCC(Cl)(Cl)Cl)O2)c(=O)[nH]c1=O. The van der Waals surface area contributed by atoms with Crippen LogP contribution in [-0.4, -0.2) is 55.9 Å². The lowest BCUT2D eigenvalue weighted by Crippen LogP contribution is -2.36. The number of H-pyrrole nitrogens is 1. The van der Waals surface area contributed by atoms with Crippen molar-refractivity contribution in [2.75, 3.05) is 13.2 Å². The molecule has 2 unspecified atom stereocenters. The van der Waals surface area contributed by atoms with E-state index in [-0.39, 0.29) is 18.6 Å². The molecule has 2 aromatic rings. The summed E-state index contributed by atoms with van der Waals surface area (Å²) < 4.78 is 34.2. The number of rotatable bonds is 11. The second kappa shape index (κ2) is 13.1. The van der Waals surface area contributed by atoms with Crippen molar-refractivity contribution in [2.45, 2.75) is 55.1 Å². The fraction of sp³-hybridized carbons (Fsp3) is 0.500. The number of aliphatic hydroxyl groups is 1. The molecular formula is C22H27Cl3N3O9P. The normalized spacial score (nSPS) is 22.1. The summed E-state index contributed by atoms with van der Waals surface area (Å²) in [6, 6.07) is 7.77. The molecule has 0 spiro atoms. The highest BCUT2D eigenvalue weighted by Crippen LogP contribution is 2.47. The first-order chi connectivity index (χ1) is 17.8. The van der Waals surface area contributed by atoms with E-state index in [1.54, 1.807) is 24.3 Å². The number of hydrogen-bond donors (Lipinski definition) is 3. The van der Waals surface area contributed by atoms with Gasteiger partial charge in [-0.05, 0) is 19.4 Å². The van der Waals surface area contributed by atoms with Gasteiger partial charge in [-0.3, -0.25) is 28.2 Å². The summed E-state index contributed by atoms with van der Waals surface area (Å²) in [6.45, 7) is 1.74. The van der Waals surface area contributed by atoms with Crippen LogP contribution in [0.3, 0.4) is 0 Å². The molecule has 3 rings (SSSR count). The van der Waals surface area contributed by atoms with E-state index in [2.05, 4.69) is 10.1 Å². The third kappa shape index (κ3) is 8.90. The first-order valence-corrected chi connectivity index (χ1v) is 14.0. The standard InChI is InChI=1S/C22H27Cl3N3O9P/c1-13-9-28(21(32)26-19(13)30)18-8-16(29)17(37-18)11-35-38(33,36-12-22(23,24)25)27-14(2)20(31)34-10-15-6-4-3-5-7-15/h3-7,9,14,16-18,29H,8,10-12H2,1-2H3,(H,27,33)(H,26,30,32)/t14?,16-,17+,18+,38?/m0/s1. The Morgan fingerprint density at radius 2 is 1.97 bits per heavy atom. The molecule has 210 valence electrons. The van der Waals surface area contributed by atoms with Crippen molar-refractivity contribution >= 4 is 48.5 Å². The Bertz CT molecular complexity index is 1270. The number of ether oxygens (including phenoxy) is 2. The third-order valence-electron chi connectivity index (χ3n) is 5.40. The van der Waals surface area contributed by atoms with E-state index in [0.29, 0.717) is 0 Å². The molecule has 1 aliphatic rings. The van der Waals surface area contributed by atoms with E-state index in [9.17, 15) is 24.1 Å². The van der Waals surface area contributed by atoms with E-state index >= 15 is 0 Å². The number of nitrogens with zero attached hydrogens (tertiary/aromatic N) is 1. The van der Waals surface area contributed by atoms with Gasteiger partial charge in [-0.1, -0.05) is 65.1 Å². The van der Waals surface area contributed by atoms with Gasteiger partial charge in [0.1, 0.15) is 31.6 Å². The maximum atomic E-state index is 13.4. The van der Waals surface area contributed by atoms with Crippen LogP contribution in [0.15, 0.2) is 46.1 Å². The number of halogens is 3. The number of aliphatic hydroxyl groups excluding tert-OH is 1. The number of hydrogen-bond acceptors (Lipinski definition) is 9. The summed E-state index contributed by atoms with van der Waals surface area (Å²) in [5.41, 5.74) is -0.247. The van der Waals surface area contributed by atoms with Crippen LogP contribution in [0.25, 0.3) is 0 Å². The number of aryl methyl sites for hydroxylation is 1. The number of alkyl halides is 3. The second-order valence-corrected chi connectivity index (χ2v) is 12.8. The largest absolute Gasteiger partial charge is 0.460 e. The Kier molecular flexibility index (Phi) is 10.6. The van der Waals surface area contributed by atoms with Crippen molar-refractivity contribution in [1.82, 2.24) is 14.6 Å². The highest BCUT2D eigenvalue weighted by Gasteiger charge is 2.40. The molecule has 0 amide bonds. The van der Waals surface area contributed by atoms with Crippen LogP contribution in [0.5, 0.6) is 0 Å². The molecule has 3 N–H and O–H groups in total. The average molecular weight is 615 g/mol. The minimum Gasteiger partial charge on any atom is -0.460 e. The molecule has 16 heteroatoms. The number of carbonyl (C=O) groups excluding carboxylic acids is 1. The molecule has 1 saturated heterocycles. The minimum atomic E-state index is -4.33. The fourth-order valence-corrected chi connectivity index (χ4v) is 5.32. The van der Waals surface area contributed by atoms with Crippen LogP contribution >= 0.6 is 42.5 Å². The van der Waals surface area contributed by atoms with Crippen molar-refractivity contribution in [2.24, 2.45) is 0 Å². The summed E-state index contributed by atoms with van der Waals surface area (Å²) in [5.74, 6) is -0.750. The summed E-state index contributed by atoms with van der Waals surface area (Å²) in [4.78, 5) is 38.4. The van der Waals surface area contributed by atoms with E-state index in [1.165, 1.54) is 20.0 Å². The lowest BCUT2D eigenvalue weighted by atomic mass is 10.2. The smallest absolute Gasteiger partial charge is 0.406 e. The minimum absolute atomic E-state index is 0.0149. The Morgan fingerprint density at radius 1 is 1.29 bits per heavy atom. The highest BCUT2D eigenvalue weighted by atomic mass is 35.6. The molecule has 0 aliphatic carbocycles. The lowest BCUT2D eigenvalue weighted by Gasteiger charge is -2.25. The Morgan fingerprint density at radius 3 is 2.63 bits per heavy atom. The number of esters is 1. The van der Waals surface area contributed by atoms with Crippen LogP contribution in [0, 0.1) is 6.92 Å². The fourth-order valence-electron chi connectivity index (χ4n) is 3.42. The van der Waals surface area contributed by atoms with Crippen molar-refractivity contribution in [1.29, 1.82) is 0 Å². The molecule has 0 saturated carbocycles. The van der Waals surface area contributed by atoms with Gasteiger partial charge in [0.2, 0.25) is 3.79 Å². The van der Waals surface area contributed by atoms with E-state index < -0.39 is 66.4 Å². The second-order valence-electron chi connectivity index (χ2n) is 8.54. The number of carbonyl (C=O) groups is 1. The topological polar surface area (TPSA) is 158 Å². The van der Waals surface area contributed by atoms with Gasteiger partial charge in [0, 0.05) is 18.2 Å². The predicted molar refractivity (Wildman–Crippen MR) is 139 cm³/mol. The number of nitrogens with one attached hydrogen (secondary N) is 2. The molecule has 0 radical (unpaired) electrons. The zero-order chi connectivity index (χ0) is 28.1. The lowest BCUT2D eigenvalue weighted by molar-refractivity contribution is -0.146. The monoisotopic (exact) mass is 613 g/mol. The number of aromatic nitrogens is 2. The number of aromatic amines is 1. The Hall–Kier alpha value is -1.73. The third-order valence-corrected chi connectivity index (χ3v) is 7.39. The van der Waals surface area contributed by atoms with Crippen molar-refractivity contribution in [3.8, 4) is 0 Å². The number of benzene rings is 1. The molecule has 12 nitrogen and oxygen atoms in total. The maximum absolute atomic E-state index is 13.4. The Balaban J connectivity index is 1.65. The van der Waals surface area contributed by atoms with Gasteiger partial charge in [0.25, 0.3) is 5.56 Å². The van der Waals surface area contributed by atoms with Crippen LogP contribution in [0.1, 0.15) is 30.7 Å². The van der Waals surface area contributed by atoms with Crippen LogP contribution in [0.2, 0.25) is 0 Å². The summed E-state index contributed by atoms with van der Waals surface area (Å²) in [5, 5.41) is 12.9. The van der Waals surface area contributed by atoms with Gasteiger partial charge in [-0.25, -0.2) is 14.4 Å². The van der Waals surface area contributed by atoms with E-state index in [0.717, 1.165) is 10.1 Å². The molecule has 1 aromatic heterocycles. The molecule has 1 fully saturated rings. The van der Waals surface area contributed by atoms with Gasteiger partial charge >= 0.3 is 19.4 Å². The molecular weight excluding hydrogens is 588 g/mol. The van der Waals surface area contributed by atoms with Gasteiger partial charge in [-0.2, -0.15) is 0 Å². The van der Waals surface area contributed by atoms with Crippen molar-refractivity contribution in [3.05, 3.63) is 68.5 Å². The zero-order valence-electron chi connectivity index (χ0n) is 20.3. The molecule has 38 heavy (non-hydrogen) atoms. The molecule has 1 aliphatic heterocycles. The quantitative estimate of drug-likeness (QED) is 0.195.